The van der Waals surface area contributed by atoms with E-state index in [-0.39, 0.29) is 18.3 Å². The van der Waals surface area contributed by atoms with E-state index in [9.17, 15) is 0 Å². The van der Waals surface area contributed by atoms with Crippen LogP contribution in [0.2, 0.25) is 5.82 Å². The first-order valence-corrected chi connectivity index (χ1v) is 5.86. The summed E-state index contributed by atoms with van der Waals surface area (Å²) in [6.07, 6.45) is 0. The summed E-state index contributed by atoms with van der Waals surface area (Å²) in [5.74, 6) is 1.97. The molecule has 0 N–H and O–H groups in total. The Morgan fingerprint density at radius 1 is 0.933 bits per heavy atom. The lowest BCUT2D eigenvalue weighted by Gasteiger charge is -2.32. The Hall–Kier alpha value is -0.0551. The predicted octanol–water partition coefficient (Wildman–Crippen LogP) is 1.72. The molecule has 3 fully saturated rings. The van der Waals surface area contributed by atoms with Crippen LogP contribution in [0.3, 0.4) is 0 Å². The molecular formula is C11H19BO3. The lowest BCUT2D eigenvalue weighted by Crippen LogP contribution is -2.41. The van der Waals surface area contributed by atoms with E-state index in [1.54, 1.807) is 0 Å². The van der Waals surface area contributed by atoms with Crippen molar-refractivity contribution in [2.75, 3.05) is 13.2 Å². The van der Waals surface area contributed by atoms with E-state index in [0.717, 1.165) is 13.2 Å². The number of fused-ring (bicyclic) bond motifs is 1. The van der Waals surface area contributed by atoms with Gasteiger partial charge >= 0.3 is 7.12 Å². The summed E-state index contributed by atoms with van der Waals surface area (Å²) < 4.78 is 17.5. The predicted molar refractivity (Wildman–Crippen MR) is 57.6 cm³/mol. The van der Waals surface area contributed by atoms with Gasteiger partial charge in [-0.2, -0.15) is 0 Å². The summed E-state index contributed by atoms with van der Waals surface area (Å²) in [6.45, 7) is 10.3. The average Bonchev–Trinajstić information content (AvgIpc) is 2.47. The van der Waals surface area contributed by atoms with E-state index in [1.807, 2.05) is 0 Å². The van der Waals surface area contributed by atoms with E-state index < -0.39 is 0 Å². The molecule has 3 nitrogen and oxygen atoms in total. The van der Waals surface area contributed by atoms with Crippen molar-refractivity contribution < 1.29 is 14.0 Å². The van der Waals surface area contributed by atoms with Gasteiger partial charge in [0.1, 0.15) is 0 Å². The lowest BCUT2D eigenvalue weighted by atomic mass is 9.79. The molecule has 2 aliphatic heterocycles. The molecule has 0 aromatic carbocycles. The lowest BCUT2D eigenvalue weighted by molar-refractivity contribution is 0.00578. The van der Waals surface area contributed by atoms with Crippen molar-refractivity contribution >= 4 is 7.12 Å². The van der Waals surface area contributed by atoms with Gasteiger partial charge in [-0.25, -0.2) is 0 Å². The van der Waals surface area contributed by atoms with Crippen LogP contribution in [0.25, 0.3) is 0 Å². The molecule has 3 aliphatic rings. The average molecular weight is 210 g/mol. The third-order valence-electron chi connectivity index (χ3n) is 4.60. The third-order valence-corrected chi connectivity index (χ3v) is 4.60. The molecule has 2 saturated heterocycles. The van der Waals surface area contributed by atoms with Crippen molar-refractivity contribution in [3.63, 3.8) is 0 Å². The molecule has 0 aromatic rings. The zero-order chi connectivity index (χ0) is 10.8. The van der Waals surface area contributed by atoms with Crippen LogP contribution in [0.4, 0.5) is 0 Å². The molecule has 3 rings (SSSR count). The number of hydrogen-bond donors (Lipinski definition) is 0. The van der Waals surface area contributed by atoms with Crippen LogP contribution in [-0.2, 0) is 14.0 Å². The highest BCUT2D eigenvalue weighted by molar-refractivity contribution is 6.49. The Kier molecular flexibility index (Phi) is 1.88. The Balaban J connectivity index is 1.72. The van der Waals surface area contributed by atoms with Crippen molar-refractivity contribution in [3.05, 3.63) is 0 Å². The number of ether oxygens (including phenoxy) is 1. The largest absolute Gasteiger partial charge is 0.461 e. The first-order chi connectivity index (χ1) is 6.92. The summed E-state index contributed by atoms with van der Waals surface area (Å²) in [4.78, 5) is 0. The van der Waals surface area contributed by atoms with Gasteiger partial charge in [0, 0.05) is 19.0 Å². The smallest absolute Gasteiger partial charge is 0.403 e. The van der Waals surface area contributed by atoms with Crippen LogP contribution in [-0.4, -0.2) is 31.5 Å². The maximum Gasteiger partial charge on any atom is 0.461 e. The Morgan fingerprint density at radius 2 is 1.40 bits per heavy atom. The monoisotopic (exact) mass is 210 g/mol. The van der Waals surface area contributed by atoms with Crippen LogP contribution < -0.4 is 0 Å². The molecule has 1 saturated carbocycles. The molecule has 0 radical (unpaired) electrons. The molecule has 1 unspecified atom stereocenters. The van der Waals surface area contributed by atoms with Gasteiger partial charge in [-0.3, -0.25) is 0 Å². The van der Waals surface area contributed by atoms with Gasteiger partial charge in [-0.05, 0) is 39.5 Å². The van der Waals surface area contributed by atoms with Crippen molar-refractivity contribution in [3.8, 4) is 0 Å². The topological polar surface area (TPSA) is 27.7 Å². The highest BCUT2D eigenvalue weighted by Crippen LogP contribution is 2.60. The summed E-state index contributed by atoms with van der Waals surface area (Å²) in [5, 5.41) is 0. The third kappa shape index (κ3) is 1.31. The second-order valence-electron chi connectivity index (χ2n) is 6.07. The van der Waals surface area contributed by atoms with Crippen LogP contribution >= 0.6 is 0 Å². The molecule has 2 heterocycles. The van der Waals surface area contributed by atoms with Crippen molar-refractivity contribution in [1.29, 1.82) is 0 Å². The minimum Gasteiger partial charge on any atom is -0.403 e. The Labute approximate surface area is 91.6 Å². The molecule has 3 atom stereocenters. The van der Waals surface area contributed by atoms with E-state index in [0.29, 0.717) is 17.7 Å². The van der Waals surface area contributed by atoms with Gasteiger partial charge in [0.05, 0.1) is 11.2 Å². The highest BCUT2D eigenvalue weighted by Gasteiger charge is 2.66. The van der Waals surface area contributed by atoms with Gasteiger partial charge in [0.15, 0.2) is 0 Å². The van der Waals surface area contributed by atoms with Crippen molar-refractivity contribution in [2.45, 2.75) is 44.7 Å². The van der Waals surface area contributed by atoms with Crippen molar-refractivity contribution in [2.24, 2.45) is 11.8 Å². The van der Waals surface area contributed by atoms with Gasteiger partial charge in [-0.1, -0.05) is 0 Å². The molecule has 0 bridgehead atoms. The van der Waals surface area contributed by atoms with E-state index in [1.165, 1.54) is 0 Å². The normalized spacial score (nSPS) is 45.6. The maximum atomic E-state index is 6.05. The summed E-state index contributed by atoms with van der Waals surface area (Å²) in [6, 6.07) is 0. The quantitative estimate of drug-likeness (QED) is 0.617. The molecular weight excluding hydrogens is 191 g/mol. The Bertz CT molecular complexity index is 264. The second kappa shape index (κ2) is 2.79. The summed E-state index contributed by atoms with van der Waals surface area (Å²) >= 11 is 0. The van der Waals surface area contributed by atoms with E-state index in [4.69, 9.17) is 14.0 Å². The highest BCUT2D eigenvalue weighted by atomic mass is 16.7. The fraction of sp³-hybridized carbons (Fsp3) is 1.00. The molecule has 0 spiro atoms. The van der Waals surface area contributed by atoms with E-state index >= 15 is 0 Å². The van der Waals surface area contributed by atoms with Gasteiger partial charge in [0.2, 0.25) is 0 Å². The fourth-order valence-corrected chi connectivity index (χ4v) is 2.73. The molecule has 15 heavy (non-hydrogen) atoms. The zero-order valence-electron chi connectivity index (χ0n) is 9.95. The standard InChI is InChI=1S/C11H19BO3/c1-10(2)11(3,4)15-12(14-10)9-7-5-13-6-8(7)9/h7-9H,5-6H2,1-4H3/t7-,8+,9?. The second-order valence-corrected chi connectivity index (χ2v) is 6.07. The van der Waals surface area contributed by atoms with Crippen molar-refractivity contribution in [1.82, 2.24) is 0 Å². The molecule has 0 aromatic heterocycles. The first kappa shape index (κ1) is 10.1. The maximum absolute atomic E-state index is 6.05. The van der Waals surface area contributed by atoms with Crippen LogP contribution in [0.5, 0.6) is 0 Å². The summed E-state index contributed by atoms with van der Waals surface area (Å²) in [5.41, 5.74) is -0.370. The molecule has 1 aliphatic carbocycles. The minimum absolute atomic E-state index is 0.00565. The molecule has 0 amide bonds. The van der Waals surface area contributed by atoms with Crippen LogP contribution in [0.1, 0.15) is 27.7 Å². The fourth-order valence-electron chi connectivity index (χ4n) is 2.73. The number of rotatable bonds is 1. The van der Waals surface area contributed by atoms with Gasteiger partial charge in [-0.15, -0.1) is 0 Å². The van der Waals surface area contributed by atoms with Crippen LogP contribution in [0, 0.1) is 11.8 Å². The SMILES string of the molecule is CC1(C)OB(C2[C@H]3COC[C@@H]23)OC1(C)C. The van der Waals surface area contributed by atoms with Gasteiger partial charge in [0.25, 0.3) is 0 Å². The summed E-state index contributed by atoms with van der Waals surface area (Å²) in [7, 11) is -0.00565. The molecule has 84 valence electrons. The number of hydrogen-bond acceptors (Lipinski definition) is 3. The molecule has 4 heteroatoms. The van der Waals surface area contributed by atoms with E-state index in [2.05, 4.69) is 27.7 Å². The zero-order valence-corrected chi connectivity index (χ0v) is 9.95. The van der Waals surface area contributed by atoms with Crippen LogP contribution in [0.15, 0.2) is 0 Å². The Morgan fingerprint density at radius 3 is 1.87 bits per heavy atom. The van der Waals surface area contributed by atoms with Gasteiger partial charge < -0.3 is 14.0 Å². The first-order valence-electron chi connectivity index (χ1n) is 5.86. The minimum atomic E-state index is -0.185.